The van der Waals surface area contributed by atoms with Crippen LogP contribution in [0.4, 0.5) is 0 Å². The molecule has 0 spiro atoms. The molecular weight excluding hydrogens is 188 g/mol. The summed E-state index contributed by atoms with van der Waals surface area (Å²) in [7, 11) is 1.69. The van der Waals surface area contributed by atoms with Crippen molar-refractivity contribution in [2.24, 2.45) is 5.73 Å². The van der Waals surface area contributed by atoms with E-state index in [-0.39, 0.29) is 5.54 Å². The number of aryl methyl sites for hydroxylation is 2. The van der Waals surface area contributed by atoms with Crippen molar-refractivity contribution >= 4 is 0 Å². The lowest BCUT2D eigenvalue weighted by atomic mass is 9.80. The molecular formula is C12H18N2O. The maximum absolute atomic E-state index is 6.31. The van der Waals surface area contributed by atoms with Crippen molar-refractivity contribution in [3.63, 3.8) is 0 Å². The first-order valence-electron chi connectivity index (χ1n) is 5.22. The van der Waals surface area contributed by atoms with Crippen LogP contribution in [0, 0.1) is 13.8 Å². The number of benzene rings is 1. The number of hydrogen-bond acceptors (Lipinski definition) is 3. The molecule has 0 amide bonds. The van der Waals surface area contributed by atoms with Crippen LogP contribution in [0.5, 0.6) is 5.75 Å². The lowest BCUT2D eigenvalue weighted by Crippen LogP contribution is -2.63. The lowest BCUT2D eigenvalue weighted by molar-refractivity contribution is 0.284. The standard InChI is InChI=1S/C12H18N2O/c1-8-4-10(15-3)5-9(2)11(8)12(13)6-14-7-12/h4-5,14H,6-7,13H2,1-3H3. The Morgan fingerprint density at radius 3 is 2.13 bits per heavy atom. The summed E-state index contributed by atoms with van der Waals surface area (Å²) >= 11 is 0. The topological polar surface area (TPSA) is 47.3 Å². The zero-order valence-corrected chi connectivity index (χ0v) is 9.55. The van der Waals surface area contributed by atoms with Gasteiger partial charge in [-0.25, -0.2) is 0 Å². The Bertz CT molecular complexity index is 360. The number of nitrogens with one attached hydrogen (secondary N) is 1. The van der Waals surface area contributed by atoms with E-state index in [4.69, 9.17) is 10.5 Å². The van der Waals surface area contributed by atoms with Gasteiger partial charge in [-0.15, -0.1) is 0 Å². The van der Waals surface area contributed by atoms with E-state index >= 15 is 0 Å². The predicted octanol–water partition coefficient (Wildman–Crippen LogP) is 1.07. The first-order valence-corrected chi connectivity index (χ1v) is 5.22. The van der Waals surface area contributed by atoms with Gasteiger partial charge in [-0.2, -0.15) is 0 Å². The summed E-state index contributed by atoms with van der Waals surface area (Å²) in [4.78, 5) is 0. The SMILES string of the molecule is COc1cc(C)c(C2(N)CNC2)c(C)c1. The number of ether oxygens (including phenoxy) is 1. The van der Waals surface area contributed by atoms with Crippen molar-refractivity contribution in [1.82, 2.24) is 5.32 Å². The molecule has 0 unspecified atom stereocenters. The van der Waals surface area contributed by atoms with E-state index in [1.165, 1.54) is 16.7 Å². The van der Waals surface area contributed by atoms with E-state index < -0.39 is 0 Å². The van der Waals surface area contributed by atoms with E-state index in [1.807, 2.05) is 0 Å². The van der Waals surface area contributed by atoms with Gasteiger partial charge in [0.2, 0.25) is 0 Å². The Hall–Kier alpha value is -1.06. The molecule has 1 fully saturated rings. The Kier molecular flexibility index (Phi) is 2.44. The summed E-state index contributed by atoms with van der Waals surface area (Å²) < 4.78 is 5.24. The zero-order chi connectivity index (χ0) is 11.1. The molecule has 0 saturated carbocycles. The highest BCUT2D eigenvalue weighted by molar-refractivity contribution is 5.46. The number of hydrogen-bond donors (Lipinski definition) is 2. The van der Waals surface area contributed by atoms with Crippen molar-refractivity contribution < 1.29 is 4.74 Å². The average molecular weight is 206 g/mol. The van der Waals surface area contributed by atoms with E-state index in [1.54, 1.807) is 7.11 Å². The van der Waals surface area contributed by atoms with Crippen molar-refractivity contribution in [1.29, 1.82) is 0 Å². The Morgan fingerprint density at radius 2 is 1.80 bits per heavy atom. The zero-order valence-electron chi connectivity index (χ0n) is 9.55. The highest BCUT2D eigenvalue weighted by Crippen LogP contribution is 2.31. The van der Waals surface area contributed by atoms with E-state index in [2.05, 4.69) is 31.3 Å². The van der Waals surface area contributed by atoms with Crippen LogP contribution in [-0.2, 0) is 5.54 Å². The second-order valence-electron chi connectivity index (χ2n) is 4.40. The third-order valence-electron chi connectivity index (χ3n) is 3.12. The maximum Gasteiger partial charge on any atom is 0.119 e. The monoisotopic (exact) mass is 206 g/mol. The van der Waals surface area contributed by atoms with Gasteiger partial charge in [0.15, 0.2) is 0 Å². The molecule has 3 nitrogen and oxygen atoms in total. The second-order valence-corrected chi connectivity index (χ2v) is 4.40. The minimum atomic E-state index is -0.180. The lowest BCUT2D eigenvalue weighted by Gasteiger charge is -2.41. The fourth-order valence-electron chi connectivity index (χ4n) is 2.40. The molecule has 3 heteroatoms. The van der Waals surface area contributed by atoms with Crippen LogP contribution in [0.2, 0.25) is 0 Å². The van der Waals surface area contributed by atoms with Gasteiger partial charge in [0.05, 0.1) is 12.6 Å². The smallest absolute Gasteiger partial charge is 0.119 e. The molecule has 82 valence electrons. The van der Waals surface area contributed by atoms with E-state index in [0.29, 0.717) is 0 Å². The first-order chi connectivity index (χ1) is 7.07. The molecule has 0 aromatic heterocycles. The van der Waals surface area contributed by atoms with Gasteiger partial charge in [-0.3, -0.25) is 0 Å². The van der Waals surface area contributed by atoms with Gasteiger partial charge < -0.3 is 15.8 Å². The van der Waals surface area contributed by atoms with E-state index in [9.17, 15) is 0 Å². The fraction of sp³-hybridized carbons (Fsp3) is 0.500. The molecule has 1 aliphatic rings. The molecule has 0 aliphatic carbocycles. The molecule has 2 rings (SSSR count). The minimum Gasteiger partial charge on any atom is -0.497 e. The van der Waals surface area contributed by atoms with Gasteiger partial charge in [0.1, 0.15) is 5.75 Å². The van der Waals surface area contributed by atoms with Crippen LogP contribution in [0.25, 0.3) is 0 Å². The number of rotatable bonds is 2. The predicted molar refractivity (Wildman–Crippen MR) is 61.2 cm³/mol. The first kappa shape index (κ1) is 10.5. The van der Waals surface area contributed by atoms with Crippen LogP contribution in [-0.4, -0.2) is 20.2 Å². The second kappa shape index (κ2) is 3.51. The Balaban J connectivity index is 2.47. The minimum absolute atomic E-state index is 0.180. The highest BCUT2D eigenvalue weighted by Gasteiger charge is 2.36. The van der Waals surface area contributed by atoms with Crippen LogP contribution < -0.4 is 15.8 Å². The van der Waals surface area contributed by atoms with E-state index in [0.717, 1.165) is 18.8 Å². The maximum atomic E-state index is 6.31. The van der Waals surface area contributed by atoms with Crippen LogP contribution in [0.1, 0.15) is 16.7 Å². The van der Waals surface area contributed by atoms with Gasteiger partial charge in [0.25, 0.3) is 0 Å². The molecule has 0 bridgehead atoms. The van der Waals surface area contributed by atoms with Crippen molar-refractivity contribution in [2.75, 3.05) is 20.2 Å². The summed E-state index contributed by atoms with van der Waals surface area (Å²) in [5.74, 6) is 0.907. The molecule has 1 heterocycles. The van der Waals surface area contributed by atoms with Gasteiger partial charge >= 0.3 is 0 Å². The number of nitrogens with two attached hydrogens (primary N) is 1. The summed E-state index contributed by atoms with van der Waals surface area (Å²) in [6.07, 6.45) is 0. The fourth-order valence-corrected chi connectivity index (χ4v) is 2.40. The quantitative estimate of drug-likeness (QED) is 0.761. The Morgan fingerprint density at radius 1 is 1.27 bits per heavy atom. The highest BCUT2D eigenvalue weighted by atomic mass is 16.5. The molecule has 1 aromatic carbocycles. The molecule has 1 aliphatic heterocycles. The summed E-state index contributed by atoms with van der Waals surface area (Å²) in [5, 5.41) is 3.23. The van der Waals surface area contributed by atoms with Crippen molar-refractivity contribution in [3.8, 4) is 5.75 Å². The van der Waals surface area contributed by atoms with Crippen molar-refractivity contribution in [2.45, 2.75) is 19.4 Å². The largest absolute Gasteiger partial charge is 0.497 e. The van der Waals surface area contributed by atoms with Gasteiger partial charge in [-0.05, 0) is 42.7 Å². The molecule has 15 heavy (non-hydrogen) atoms. The normalized spacial score (nSPS) is 18.4. The van der Waals surface area contributed by atoms with Gasteiger partial charge in [0, 0.05) is 13.1 Å². The molecule has 1 aromatic rings. The molecule has 3 N–H and O–H groups in total. The summed E-state index contributed by atoms with van der Waals surface area (Å²) in [6, 6.07) is 4.10. The van der Waals surface area contributed by atoms with Crippen LogP contribution in [0.15, 0.2) is 12.1 Å². The summed E-state index contributed by atoms with van der Waals surface area (Å²) in [5.41, 5.74) is 9.84. The molecule has 1 saturated heterocycles. The third kappa shape index (κ3) is 1.62. The number of methoxy groups -OCH3 is 1. The Labute approximate surface area is 90.6 Å². The third-order valence-corrected chi connectivity index (χ3v) is 3.12. The molecule has 0 radical (unpaired) electrons. The molecule has 0 atom stereocenters. The van der Waals surface area contributed by atoms with Crippen LogP contribution in [0.3, 0.4) is 0 Å². The average Bonchev–Trinajstić information content (AvgIpc) is 2.13. The van der Waals surface area contributed by atoms with Crippen molar-refractivity contribution in [3.05, 3.63) is 28.8 Å². The van der Waals surface area contributed by atoms with Crippen LogP contribution >= 0.6 is 0 Å². The van der Waals surface area contributed by atoms with Gasteiger partial charge in [-0.1, -0.05) is 0 Å². The summed E-state index contributed by atoms with van der Waals surface area (Å²) in [6.45, 7) is 5.91.